The van der Waals surface area contributed by atoms with Gasteiger partial charge in [0.2, 0.25) is 0 Å². The Balaban J connectivity index is 1.57. The Hall–Kier alpha value is -0.900. The van der Waals surface area contributed by atoms with E-state index in [2.05, 4.69) is 40.1 Å². The molecule has 2 heterocycles. The summed E-state index contributed by atoms with van der Waals surface area (Å²) in [6, 6.07) is 10.8. The van der Waals surface area contributed by atoms with Crippen molar-refractivity contribution in [1.82, 2.24) is 9.80 Å². The van der Waals surface area contributed by atoms with Crippen LogP contribution in [0.15, 0.2) is 30.3 Å². The average Bonchev–Trinajstić information content (AvgIpc) is 2.58. The zero-order chi connectivity index (χ0) is 14.5. The number of likely N-dealkylation sites (tertiary alicyclic amines) is 2. The second-order valence-corrected chi connectivity index (χ2v) is 6.74. The molecule has 0 spiro atoms. The van der Waals surface area contributed by atoms with Crippen molar-refractivity contribution in [3.63, 3.8) is 0 Å². The predicted octanol–water partition coefficient (Wildman–Crippen LogP) is 2.47. The first-order valence-electron chi connectivity index (χ1n) is 8.54. The van der Waals surface area contributed by atoms with Crippen molar-refractivity contribution >= 4 is 0 Å². The van der Waals surface area contributed by atoms with E-state index in [1.807, 2.05) is 0 Å². The van der Waals surface area contributed by atoms with Gasteiger partial charge in [-0.1, -0.05) is 36.8 Å². The first kappa shape index (κ1) is 15.0. The summed E-state index contributed by atoms with van der Waals surface area (Å²) in [5.41, 5.74) is 7.92. The van der Waals surface area contributed by atoms with Gasteiger partial charge in [-0.05, 0) is 44.3 Å². The van der Waals surface area contributed by atoms with E-state index >= 15 is 0 Å². The van der Waals surface area contributed by atoms with Crippen LogP contribution in [-0.4, -0.2) is 48.1 Å². The highest BCUT2D eigenvalue weighted by molar-refractivity contribution is 5.14. The van der Waals surface area contributed by atoms with Gasteiger partial charge in [0.25, 0.3) is 0 Å². The van der Waals surface area contributed by atoms with Crippen molar-refractivity contribution in [3.8, 4) is 0 Å². The first-order valence-corrected chi connectivity index (χ1v) is 8.54. The third kappa shape index (κ3) is 3.47. The summed E-state index contributed by atoms with van der Waals surface area (Å²) in [5.74, 6) is 0. The average molecular weight is 287 g/mol. The van der Waals surface area contributed by atoms with Gasteiger partial charge in [-0.2, -0.15) is 0 Å². The number of hydrogen-bond acceptors (Lipinski definition) is 3. The Morgan fingerprint density at radius 3 is 2.19 bits per heavy atom. The molecular formula is C18H29N3. The molecule has 0 aromatic heterocycles. The molecule has 0 unspecified atom stereocenters. The van der Waals surface area contributed by atoms with Crippen LogP contribution < -0.4 is 5.73 Å². The molecule has 0 radical (unpaired) electrons. The maximum absolute atomic E-state index is 6.21. The van der Waals surface area contributed by atoms with Crippen molar-refractivity contribution in [1.29, 1.82) is 0 Å². The van der Waals surface area contributed by atoms with Crippen molar-refractivity contribution in [2.75, 3.05) is 32.7 Å². The molecule has 21 heavy (non-hydrogen) atoms. The van der Waals surface area contributed by atoms with E-state index in [9.17, 15) is 0 Å². The summed E-state index contributed by atoms with van der Waals surface area (Å²) < 4.78 is 0. The minimum absolute atomic E-state index is 0.285. The summed E-state index contributed by atoms with van der Waals surface area (Å²) in [6.07, 6.45) is 6.58. The van der Waals surface area contributed by atoms with Gasteiger partial charge in [-0.3, -0.25) is 9.80 Å². The largest absolute Gasteiger partial charge is 0.329 e. The molecule has 0 saturated carbocycles. The van der Waals surface area contributed by atoms with E-state index in [4.69, 9.17) is 5.73 Å². The van der Waals surface area contributed by atoms with E-state index in [0.29, 0.717) is 0 Å². The highest BCUT2D eigenvalue weighted by Gasteiger charge is 2.38. The first-order chi connectivity index (χ1) is 10.3. The van der Waals surface area contributed by atoms with Gasteiger partial charge < -0.3 is 5.73 Å². The molecule has 2 aliphatic heterocycles. The normalized spacial score (nSPS) is 24.0. The van der Waals surface area contributed by atoms with E-state index < -0.39 is 0 Å². The summed E-state index contributed by atoms with van der Waals surface area (Å²) in [4.78, 5) is 5.30. The number of piperidine rings is 2. The topological polar surface area (TPSA) is 32.5 Å². The van der Waals surface area contributed by atoms with Crippen molar-refractivity contribution < 1.29 is 0 Å². The van der Waals surface area contributed by atoms with Gasteiger partial charge in [0, 0.05) is 31.7 Å². The highest BCUT2D eigenvalue weighted by Crippen LogP contribution is 2.31. The maximum Gasteiger partial charge on any atom is 0.0356 e. The predicted molar refractivity (Wildman–Crippen MR) is 88.2 cm³/mol. The molecule has 0 aliphatic carbocycles. The van der Waals surface area contributed by atoms with Crippen molar-refractivity contribution in [2.24, 2.45) is 5.73 Å². The van der Waals surface area contributed by atoms with E-state index in [1.165, 1.54) is 63.8 Å². The lowest BCUT2D eigenvalue weighted by molar-refractivity contribution is 0.0123. The summed E-state index contributed by atoms with van der Waals surface area (Å²) in [5, 5.41) is 0. The van der Waals surface area contributed by atoms with Crippen LogP contribution in [0.25, 0.3) is 0 Å². The fourth-order valence-corrected chi connectivity index (χ4v) is 3.99. The van der Waals surface area contributed by atoms with Crippen LogP contribution in [0, 0.1) is 0 Å². The molecule has 2 saturated heterocycles. The van der Waals surface area contributed by atoms with Crippen LogP contribution in [0.5, 0.6) is 0 Å². The van der Waals surface area contributed by atoms with Gasteiger partial charge in [0.15, 0.2) is 0 Å². The van der Waals surface area contributed by atoms with Crippen molar-refractivity contribution in [2.45, 2.75) is 44.2 Å². The zero-order valence-electron chi connectivity index (χ0n) is 13.1. The number of rotatable bonds is 4. The lowest BCUT2D eigenvalue weighted by atomic mass is 9.84. The highest BCUT2D eigenvalue weighted by atomic mass is 15.2. The fourth-order valence-electron chi connectivity index (χ4n) is 3.99. The molecular weight excluding hydrogens is 258 g/mol. The van der Waals surface area contributed by atoms with Gasteiger partial charge in [-0.25, -0.2) is 0 Å². The SMILES string of the molecule is NCC1(N2CCCCC2)CCN(Cc2ccccc2)CC1. The minimum Gasteiger partial charge on any atom is -0.329 e. The quantitative estimate of drug-likeness (QED) is 0.923. The Morgan fingerprint density at radius 1 is 0.905 bits per heavy atom. The third-order valence-corrected chi connectivity index (χ3v) is 5.44. The summed E-state index contributed by atoms with van der Waals surface area (Å²) in [7, 11) is 0. The van der Waals surface area contributed by atoms with Gasteiger partial charge in [0.1, 0.15) is 0 Å². The Bertz CT molecular complexity index is 417. The molecule has 3 rings (SSSR count). The van der Waals surface area contributed by atoms with Gasteiger partial charge in [-0.15, -0.1) is 0 Å². The van der Waals surface area contributed by atoms with Crippen LogP contribution in [0.1, 0.15) is 37.7 Å². The van der Waals surface area contributed by atoms with Crippen LogP contribution in [0.4, 0.5) is 0 Å². The maximum atomic E-state index is 6.21. The van der Waals surface area contributed by atoms with E-state index in [-0.39, 0.29) is 5.54 Å². The molecule has 0 amide bonds. The van der Waals surface area contributed by atoms with Gasteiger partial charge >= 0.3 is 0 Å². The number of nitrogens with two attached hydrogens (primary N) is 1. The lowest BCUT2D eigenvalue weighted by Crippen LogP contribution is -2.60. The Kier molecular flexibility index (Phi) is 4.94. The number of benzene rings is 1. The Morgan fingerprint density at radius 2 is 1.57 bits per heavy atom. The van der Waals surface area contributed by atoms with E-state index in [1.54, 1.807) is 0 Å². The molecule has 0 bridgehead atoms. The molecule has 3 heteroatoms. The number of hydrogen-bond donors (Lipinski definition) is 1. The lowest BCUT2D eigenvalue weighted by Gasteiger charge is -2.50. The standard InChI is InChI=1S/C18H29N3/c19-16-18(21-11-5-2-6-12-21)9-13-20(14-10-18)15-17-7-3-1-4-8-17/h1,3-4,7-8H,2,5-6,9-16,19H2. The van der Waals surface area contributed by atoms with Crippen molar-refractivity contribution in [3.05, 3.63) is 35.9 Å². The fraction of sp³-hybridized carbons (Fsp3) is 0.667. The van der Waals surface area contributed by atoms with Crippen LogP contribution in [-0.2, 0) is 6.54 Å². The third-order valence-electron chi connectivity index (χ3n) is 5.44. The van der Waals surface area contributed by atoms with Crippen LogP contribution >= 0.6 is 0 Å². The summed E-state index contributed by atoms with van der Waals surface area (Å²) in [6.45, 7) is 6.80. The molecule has 1 aromatic carbocycles. The molecule has 116 valence electrons. The smallest absolute Gasteiger partial charge is 0.0356 e. The molecule has 3 nitrogen and oxygen atoms in total. The monoisotopic (exact) mass is 287 g/mol. The summed E-state index contributed by atoms with van der Waals surface area (Å²) >= 11 is 0. The molecule has 1 aromatic rings. The molecule has 2 fully saturated rings. The second kappa shape index (κ2) is 6.91. The minimum atomic E-state index is 0.285. The molecule has 0 atom stereocenters. The number of nitrogens with zero attached hydrogens (tertiary/aromatic N) is 2. The zero-order valence-corrected chi connectivity index (χ0v) is 13.1. The molecule has 2 aliphatic rings. The molecule has 2 N–H and O–H groups in total. The van der Waals surface area contributed by atoms with Crippen LogP contribution in [0.3, 0.4) is 0 Å². The van der Waals surface area contributed by atoms with E-state index in [0.717, 1.165) is 13.1 Å². The van der Waals surface area contributed by atoms with Gasteiger partial charge in [0.05, 0.1) is 0 Å². The van der Waals surface area contributed by atoms with Crippen LogP contribution in [0.2, 0.25) is 0 Å². The Labute approximate surface area is 129 Å². The second-order valence-electron chi connectivity index (χ2n) is 6.74.